The van der Waals surface area contributed by atoms with E-state index in [2.05, 4.69) is 9.84 Å². The average molecular weight is 319 g/mol. The molecule has 0 N–H and O–H groups in total. The highest BCUT2D eigenvalue weighted by Gasteiger charge is 2.21. The van der Waals surface area contributed by atoms with Crippen LogP contribution in [0.25, 0.3) is 0 Å². The van der Waals surface area contributed by atoms with Gasteiger partial charge in [-0.25, -0.2) is 0 Å². The lowest BCUT2D eigenvalue weighted by Gasteiger charge is -2.15. The van der Waals surface area contributed by atoms with Gasteiger partial charge in [-0.3, -0.25) is 4.79 Å². The first-order chi connectivity index (χ1) is 11.1. The molecule has 1 heterocycles. The number of allylic oxidation sites excluding steroid dienone is 2. The molecule has 0 saturated heterocycles. The summed E-state index contributed by atoms with van der Waals surface area (Å²) < 4.78 is 15.5. The first-order valence-electron chi connectivity index (χ1n) is 7.24. The number of carbonyl (C=O) groups excluding carboxylic acids is 1. The van der Waals surface area contributed by atoms with Crippen molar-refractivity contribution in [2.45, 2.75) is 20.8 Å². The van der Waals surface area contributed by atoms with Crippen molar-refractivity contribution in [3.05, 3.63) is 60.0 Å². The lowest BCUT2D eigenvalue weighted by Crippen LogP contribution is -2.12. The van der Waals surface area contributed by atoms with Crippen molar-refractivity contribution >= 4 is 11.5 Å². The number of ether oxygens (including phenoxy) is 1. The van der Waals surface area contributed by atoms with Gasteiger partial charge in [0.25, 0.3) is 0 Å². The minimum Gasteiger partial charge on any atom is -0.497 e. The zero-order valence-electron chi connectivity index (χ0n) is 13.9. The van der Waals surface area contributed by atoms with E-state index in [1.165, 1.54) is 6.08 Å². The van der Waals surface area contributed by atoms with Gasteiger partial charge in [0.2, 0.25) is 0 Å². The predicted molar refractivity (Wildman–Crippen MR) is 89.9 cm³/mol. The quantitative estimate of drug-likeness (QED) is 0.773. The molecule has 0 fully saturated rings. The number of methoxy groups -OCH3 is 1. The fourth-order valence-electron chi connectivity index (χ4n) is 2.11. The Morgan fingerprint density at radius 1 is 1.26 bits per heavy atom. The van der Waals surface area contributed by atoms with Crippen LogP contribution in [0.1, 0.15) is 20.8 Å². The van der Waals surface area contributed by atoms with Crippen LogP contribution in [0.2, 0.25) is 0 Å². The Morgan fingerprint density at radius 3 is 2.26 bits per heavy atom. The molecular formula is C18H22FNO3. The Kier molecular flexibility index (Phi) is 7.60. The molecule has 0 spiro atoms. The van der Waals surface area contributed by atoms with E-state index in [9.17, 15) is 9.32 Å². The molecule has 0 unspecified atom stereocenters. The molecule has 124 valence electrons. The summed E-state index contributed by atoms with van der Waals surface area (Å²) in [4.78, 5) is 16.6. The summed E-state index contributed by atoms with van der Waals surface area (Å²) in [5.41, 5.74) is 2.94. The minimum absolute atomic E-state index is 0.110. The topological polar surface area (TPSA) is 38.8 Å². The highest BCUT2D eigenvalue weighted by molar-refractivity contribution is 5.99. The maximum Gasteiger partial charge on any atom is 0.161 e. The summed E-state index contributed by atoms with van der Waals surface area (Å²) in [5, 5.41) is 0. The number of hydrogen-bond donors (Lipinski definition) is 0. The molecule has 5 heteroatoms. The first-order valence-corrected chi connectivity index (χ1v) is 7.24. The van der Waals surface area contributed by atoms with E-state index in [-0.39, 0.29) is 5.78 Å². The van der Waals surface area contributed by atoms with Crippen molar-refractivity contribution in [1.82, 2.24) is 0 Å². The van der Waals surface area contributed by atoms with Gasteiger partial charge in [-0.15, -0.1) is 0 Å². The SMILES string of the molecule is C/C=C1\CN(c2ccc(OC)cc2)C=C1C(C)=O.C/C=C\OF. The van der Waals surface area contributed by atoms with E-state index in [1.54, 1.807) is 21.0 Å². The molecular weight excluding hydrogens is 297 g/mol. The van der Waals surface area contributed by atoms with Crippen LogP contribution >= 0.6 is 0 Å². The molecule has 23 heavy (non-hydrogen) atoms. The number of hydrogen-bond acceptors (Lipinski definition) is 4. The van der Waals surface area contributed by atoms with Crippen LogP contribution in [-0.4, -0.2) is 19.4 Å². The van der Waals surface area contributed by atoms with Gasteiger partial charge in [-0.05, 0) is 56.7 Å². The van der Waals surface area contributed by atoms with Crippen molar-refractivity contribution < 1.29 is 19.0 Å². The second kappa shape index (κ2) is 9.46. The fraction of sp³-hybridized carbons (Fsp3) is 0.278. The van der Waals surface area contributed by atoms with E-state index in [1.807, 2.05) is 43.5 Å². The third-order valence-corrected chi connectivity index (χ3v) is 3.29. The van der Waals surface area contributed by atoms with E-state index < -0.39 is 0 Å². The smallest absolute Gasteiger partial charge is 0.161 e. The monoisotopic (exact) mass is 319 g/mol. The maximum absolute atomic E-state index is 11.5. The average Bonchev–Trinajstić information content (AvgIpc) is 3.01. The van der Waals surface area contributed by atoms with Gasteiger partial charge in [-0.1, -0.05) is 6.08 Å². The van der Waals surface area contributed by atoms with Gasteiger partial charge in [0.1, 0.15) is 12.0 Å². The molecule has 1 aromatic carbocycles. The Balaban J connectivity index is 0.000000463. The van der Waals surface area contributed by atoms with Gasteiger partial charge in [0, 0.05) is 28.5 Å². The molecule has 0 radical (unpaired) electrons. The third kappa shape index (κ3) is 5.29. The van der Waals surface area contributed by atoms with Crippen LogP contribution in [0, 0.1) is 0 Å². The lowest BCUT2D eigenvalue weighted by molar-refractivity contribution is -0.113. The molecule has 1 aliphatic heterocycles. The molecule has 0 bridgehead atoms. The normalized spacial score (nSPS) is 15.3. The molecule has 4 nitrogen and oxygen atoms in total. The van der Waals surface area contributed by atoms with Crippen LogP contribution in [0.3, 0.4) is 0 Å². The second-order valence-electron chi connectivity index (χ2n) is 4.80. The van der Waals surface area contributed by atoms with Crippen molar-refractivity contribution in [3.8, 4) is 5.75 Å². The van der Waals surface area contributed by atoms with Crippen LogP contribution in [0.15, 0.2) is 60.0 Å². The third-order valence-electron chi connectivity index (χ3n) is 3.29. The largest absolute Gasteiger partial charge is 0.497 e. The standard InChI is InChI=1S/C15H17NO2.C3H5FO/c1-4-12-9-16(10-15(12)11(2)17)13-5-7-14(18-3)8-6-13;1-2-3-5-4/h4-8,10H,9H2,1-3H3;2-3H,1H3/b12-4+;3-2-. The summed E-state index contributed by atoms with van der Waals surface area (Å²) in [5.74, 6) is 0.944. The number of anilines is 1. The van der Waals surface area contributed by atoms with E-state index in [4.69, 9.17) is 4.74 Å². The molecule has 0 aliphatic carbocycles. The van der Waals surface area contributed by atoms with E-state index in [0.717, 1.165) is 35.4 Å². The summed E-state index contributed by atoms with van der Waals surface area (Å²) in [7, 11) is 1.65. The van der Waals surface area contributed by atoms with E-state index >= 15 is 0 Å². The molecule has 2 rings (SSSR count). The summed E-state index contributed by atoms with van der Waals surface area (Å²) in [6.07, 6.45) is 6.33. The molecule has 0 saturated carbocycles. The molecule has 0 atom stereocenters. The second-order valence-corrected chi connectivity index (χ2v) is 4.80. The summed E-state index contributed by atoms with van der Waals surface area (Å²) in [6.45, 7) is 5.98. The van der Waals surface area contributed by atoms with Gasteiger partial charge < -0.3 is 14.6 Å². The number of ketones is 1. The van der Waals surface area contributed by atoms with Crippen LogP contribution in [0.4, 0.5) is 10.2 Å². The van der Waals surface area contributed by atoms with Crippen LogP contribution < -0.4 is 9.64 Å². The zero-order chi connectivity index (χ0) is 17.2. The number of benzene rings is 1. The highest BCUT2D eigenvalue weighted by Crippen LogP contribution is 2.28. The first kappa shape index (κ1) is 18.5. The fourth-order valence-corrected chi connectivity index (χ4v) is 2.11. The van der Waals surface area contributed by atoms with Gasteiger partial charge in [0.15, 0.2) is 5.78 Å². The highest BCUT2D eigenvalue weighted by atomic mass is 19.3. The van der Waals surface area contributed by atoms with E-state index in [0.29, 0.717) is 0 Å². The van der Waals surface area contributed by atoms with Crippen molar-refractivity contribution in [2.75, 3.05) is 18.6 Å². The molecule has 1 aromatic rings. The molecule has 0 amide bonds. The van der Waals surface area contributed by atoms with Crippen molar-refractivity contribution in [3.63, 3.8) is 0 Å². The number of rotatable bonds is 4. The number of halogens is 1. The van der Waals surface area contributed by atoms with Crippen LogP contribution in [0.5, 0.6) is 5.75 Å². The van der Waals surface area contributed by atoms with Crippen molar-refractivity contribution in [1.29, 1.82) is 0 Å². The van der Waals surface area contributed by atoms with Crippen molar-refractivity contribution in [2.24, 2.45) is 0 Å². The van der Waals surface area contributed by atoms with Gasteiger partial charge >= 0.3 is 0 Å². The molecule has 0 aromatic heterocycles. The molecule has 1 aliphatic rings. The lowest BCUT2D eigenvalue weighted by atomic mass is 10.1. The zero-order valence-corrected chi connectivity index (χ0v) is 13.9. The summed E-state index contributed by atoms with van der Waals surface area (Å²) >= 11 is 0. The van der Waals surface area contributed by atoms with Crippen LogP contribution in [-0.2, 0) is 9.74 Å². The number of carbonyl (C=O) groups is 1. The Hall–Kier alpha value is -2.56. The van der Waals surface area contributed by atoms with Gasteiger partial charge in [0.05, 0.1) is 7.11 Å². The Bertz CT molecular complexity index is 603. The predicted octanol–water partition coefficient (Wildman–Crippen LogP) is 4.36. The number of nitrogens with zero attached hydrogens (tertiary/aromatic N) is 1. The number of Topliss-reactive ketones (excluding diaryl/α,β-unsaturated/α-hetero) is 1. The van der Waals surface area contributed by atoms with Gasteiger partial charge in [-0.2, -0.15) is 0 Å². The summed E-state index contributed by atoms with van der Waals surface area (Å²) in [6, 6.07) is 7.83. The Morgan fingerprint density at radius 2 is 1.91 bits per heavy atom. The maximum atomic E-state index is 11.5. The Labute approximate surface area is 136 Å². The minimum atomic E-state index is 0.110.